The lowest BCUT2D eigenvalue weighted by molar-refractivity contribution is -0.161. The van der Waals surface area contributed by atoms with Crippen molar-refractivity contribution in [2.24, 2.45) is 5.92 Å². The van der Waals surface area contributed by atoms with Crippen molar-refractivity contribution in [3.8, 4) is 0 Å². The quantitative estimate of drug-likeness (QED) is 0.665. The Morgan fingerprint density at radius 3 is 2.35 bits per heavy atom. The number of piperazine rings is 1. The highest BCUT2D eigenvalue weighted by Gasteiger charge is 2.53. The number of carbonyl (C=O) groups excluding carboxylic acids is 2. The zero-order valence-corrected chi connectivity index (χ0v) is 20.2. The molecule has 6 nitrogen and oxygen atoms in total. The number of rotatable bonds is 8. The molecule has 2 unspecified atom stereocenters. The molecule has 2 fully saturated rings. The lowest BCUT2D eigenvalue weighted by atomic mass is 9.80. The highest BCUT2D eigenvalue weighted by atomic mass is 32.2. The maximum atomic E-state index is 13.3. The molecule has 31 heavy (non-hydrogen) atoms. The van der Waals surface area contributed by atoms with Gasteiger partial charge in [-0.25, -0.2) is 0 Å². The van der Waals surface area contributed by atoms with E-state index in [0.717, 1.165) is 37.4 Å². The molecule has 1 aromatic rings. The van der Waals surface area contributed by atoms with E-state index < -0.39 is 22.4 Å². The Morgan fingerprint density at radius 1 is 1.16 bits per heavy atom. The average Bonchev–Trinajstić information content (AvgIpc) is 2.73. The van der Waals surface area contributed by atoms with Crippen LogP contribution in [0.5, 0.6) is 0 Å². The molecule has 2 aliphatic rings. The van der Waals surface area contributed by atoms with Crippen LogP contribution in [0.15, 0.2) is 29.2 Å². The highest BCUT2D eigenvalue weighted by Crippen LogP contribution is 2.34. The normalized spacial score (nSPS) is 22.7. The molecule has 2 saturated heterocycles. The fourth-order valence-corrected chi connectivity index (χ4v) is 5.29. The maximum Gasteiger partial charge on any atom is 0.246 e. The van der Waals surface area contributed by atoms with E-state index in [1.807, 2.05) is 29.2 Å². The molecule has 2 atom stereocenters. The molecular weight excluding hydrogens is 410 g/mol. The summed E-state index contributed by atoms with van der Waals surface area (Å²) in [5.41, 5.74) is 0.466. The summed E-state index contributed by atoms with van der Waals surface area (Å²) in [6.45, 7) is 9.31. The minimum atomic E-state index is -0.968. The first kappa shape index (κ1) is 23.9. The van der Waals surface area contributed by atoms with E-state index >= 15 is 0 Å². The third-order valence-corrected chi connectivity index (χ3v) is 7.53. The molecule has 1 spiro atoms. The van der Waals surface area contributed by atoms with Crippen LogP contribution >= 0.6 is 0 Å². The molecule has 0 aliphatic carbocycles. The molecule has 172 valence electrons. The van der Waals surface area contributed by atoms with Crippen LogP contribution in [0.1, 0.15) is 58.4 Å². The molecule has 7 heteroatoms. The van der Waals surface area contributed by atoms with Crippen molar-refractivity contribution in [3.63, 3.8) is 0 Å². The van der Waals surface area contributed by atoms with Crippen LogP contribution in [0.4, 0.5) is 0 Å². The molecule has 1 aromatic carbocycles. The van der Waals surface area contributed by atoms with Crippen molar-refractivity contribution < 1.29 is 13.8 Å². The molecule has 0 radical (unpaired) electrons. The van der Waals surface area contributed by atoms with E-state index in [2.05, 4.69) is 31.0 Å². The second-order valence-corrected chi connectivity index (χ2v) is 10.8. The summed E-state index contributed by atoms with van der Waals surface area (Å²) in [4.78, 5) is 31.7. The molecule has 0 bridgehead atoms. The molecular formula is C24H37N3O3S. The first-order valence-corrected chi connectivity index (χ1v) is 13.1. The van der Waals surface area contributed by atoms with E-state index in [0.29, 0.717) is 31.7 Å². The molecule has 0 aromatic heterocycles. The Morgan fingerprint density at radius 2 is 1.81 bits per heavy atom. The number of piperidine rings is 1. The van der Waals surface area contributed by atoms with E-state index in [1.54, 1.807) is 6.26 Å². The number of hydrogen-bond donors (Lipinski definition) is 1. The van der Waals surface area contributed by atoms with Crippen LogP contribution in [0.3, 0.4) is 0 Å². The van der Waals surface area contributed by atoms with Crippen LogP contribution < -0.4 is 5.32 Å². The van der Waals surface area contributed by atoms with Gasteiger partial charge >= 0.3 is 0 Å². The van der Waals surface area contributed by atoms with E-state index in [1.165, 1.54) is 5.56 Å². The van der Waals surface area contributed by atoms with Gasteiger partial charge in [0.25, 0.3) is 0 Å². The average molecular weight is 448 g/mol. The first-order valence-electron chi connectivity index (χ1n) is 11.5. The molecule has 0 saturated carbocycles. The molecule has 2 heterocycles. The van der Waals surface area contributed by atoms with Gasteiger partial charge < -0.3 is 10.2 Å². The summed E-state index contributed by atoms with van der Waals surface area (Å²) < 4.78 is 11.6. The van der Waals surface area contributed by atoms with Gasteiger partial charge in [-0.05, 0) is 49.3 Å². The minimum Gasteiger partial charge on any atom is -0.342 e. The van der Waals surface area contributed by atoms with Gasteiger partial charge in [-0.2, -0.15) is 0 Å². The molecule has 3 rings (SSSR count). The summed E-state index contributed by atoms with van der Waals surface area (Å²) >= 11 is 0. The van der Waals surface area contributed by atoms with Crippen molar-refractivity contribution >= 4 is 22.6 Å². The second-order valence-electron chi connectivity index (χ2n) is 9.40. The van der Waals surface area contributed by atoms with Crippen molar-refractivity contribution in [3.05, 3.63) is 29.8 Å². The van der Waals surface area contributed by atoms with Crippen LogP contribution in [-0.4, -0.2) is 63.3 Å². The minimum absolute atomic E-state index is 0.0308. The SMILES string of the molecule is CCCCN1C(=O)C(CC(C)C)NC(=O)C12CCN(Cc1ccc(S(C)=O)cc1)CC2. The van der Waals surface area contributed by atoms with Gasteiger partial charge in [0.15, 0.2) is 0 Å². The summed E-state index contributed by atoms with van der Waals surface area (Å²) in [6.07, 6.45) is 5.63. The molecule has 2 aliphatic heterocycles. The Labute approximate surface area is 189 Å². The van der Waals surface area contributed by atoms with Crippen molar-refractivity contribution in [2.45, 2.75) is 75.9 Å². The van der Waals surface area contributed by atoms with Crippen molar-refractivity contribution in [1.82, 2.24) is 15.1 Å². The Kier molecular flexibility index (Phi) is 7.92. The van der Waals surface area contributed by atoms with Gasteiger partial charge in [0.2, 0.25) is 11.8 Å². The summed E-state index contributed by atoms with van der Waals surface area (Å²) in [5, 5.41) is 3.07. The number of benzene rings is 1. The van der Waals surface area contributed by atoms with Crippen LogP contribution in [-0.2, 0) is 26.9 Å². The smallest absolute Gasteiger partial charge is 0.246 e. The number of nitrogens with one attached hydrogen (secondary N) is 1. The number of hydrogen-bond acceptors (Lipinski definition) is 4. The second kappa shape index (κ2) is 10.3. The van der Waals surface area contributed by atoms with Gasteiger partial charge in [-0.1, -0.05) is 39.3 Å². The van der Waals surface area contributed by atoms with Gasteiger partial charge in [-0.15, -0.1) is 0 Å². The van der Waals surface area contributed by atoms with Gasteiger partial charge in [0, 0.05) is 48.1 Å². The van der Waals surface area contributed by atoms with Crippen LogP contribution in [0.25, 0.3) is 0 Å². The highest BCUT2D eigenvalue weighted by molar-refractivity contribution is 7.84. The predicted octanol–water partition coefficient (Wildman–Crippen LogP) is 2.93. The first-order chi connectivity index (χ1) is 14.8. The number of likely N-dealkylation sites (tertiary alicyclic amines) is 1. The van der Waals surface area contributed by atoms with Crippen molar-refractivity contribution in [1.29, 1.82) is 0 Å². The largest absolute Gasteiger partial charge is 0.342 e. The summed E-state index contributed by atoms with van der Waals surface area (Å²) in [6, 6.07) is 7.51. The van der Waals surface area contributed by atoms with Crippen LogP contribution in [0.2, 0.25) is 0 Å². The number of nitrogens with zero attached hydrogens (tertiary/aromatic N) is 2. The number of unbranched alkanes of at least 4 members (excludes halogenated alkanes) is 1. The zero-order valence-electron chi connectivity index (χ0n) is 19.4. The number of amides is 2. The summed E-state index contributed by atoms with van der Waals surface area (Å²) in [7, 11) is -0.968. The molecule has 1 N–H and O–H groups in total. The lowest BCUT2D eigenvalue weighted by Crippen LogP contribution is -2.73. The molecule has 2 amide bonds. The van der Waals surface area contributed by atoms with Gasteiger partial charge in [0.05, 0.1) is 0 Å². The fourth-order valence-electron chi connectivity index (χ4n) is 4.77. The zero-order chi connectivity index (χ0) is 22.6. The maximum absolute atomic E-state index is 13.3. The third-order valence-electron chi connectivity index (χ3n) is 6.60. The fraction of sp³-hybridized carbons (Fsp3) is 0.667. The van der Waals surface area contributed by atoms with Crippen molar-refractivity contribution in [2.75, 3.05) is 25.9 Å². The number of carbonyl (C=O) groups is 2. The topological polar surface area (TPSA) is 69.7 Å². The van der Waals surface area contributed by atoms with Gasteiger partial charge in [0.1, 0.15) is 11.6 Å². The monoisotopic (exact) mass is 447 g/mol. The summed E-state index contributed by atoms with van der Waals surface area (Å²) in [5.74, 6) is 0.483. The standard InChI is InChI=1S/C24H37N3O3S/c1-5-6-13-27-22(28)21(16-18(2)3)25-23(29)24(27)11-14-26(15-12-24)17-19-7-9-20(10-8-19)31(4)30/h7-10,18,21H,5-6,11-17H2,1-4H3,(H,25,29). The Bertz CT molecular complexity index is 801. The van der Waals surface area contributed by atoms with Gasteiger partial charge in [-0.3, -0.25) is 18.7 Å². The predicted molar refractivity (Wildman–Crippen MR) is 124 cm³/mol. The van der Waals surface area contributed by atoms with E-state index in [-0.39, 0.29) is 11.8 Å². The van der Waals surface area contributed by atoms with E-state index in [4.69, 9.17) is 0 Å². The lowest BCUT2D eigenvalue weighted by Gasteiger charge is -2.52. The third kappa shape index (κ3) is 5.37. The Balaban J connectivity index is 1.70. The van der Waals surface area contributed by atoms with E-state index in [9.17, 15) is 13.8 Å². The van der Waals surface area contributed by atoms with Crippen LogP contribution in [0, 0.1) is 5.92 Å². The Hall–Kier alpha value is -1.73.